The van der Waals surface area contributed by atoms with E-state index in [2.05, 4.69) is 20.6 Å². The van der Waals surface area contributed by atoms with Crippen LogP contribution in [0.1, 0.15) is 11.1 Å². The van der Waals surface area contributed by atoms with E-state index in [1.807, 2.05) is 6.07 Å². The van der Waals surface area contributed by atoms with E-state index in [-0.39, 0.29) is 17.2 Å². The number of nitriles is 1. The fourth-order valence-corrected chi connectivity index (χ4v) is 2.37. The molecule has 0 saturated heterocycles. The lowest BCUT2D eigenvalue weighted by Crippen LogP contribution is -2.13. The summed E-state index contributed by atoms with van der Waals surface area (Å²) in [5.41, 5.74) is -0.0621. The normalized spacial score (nSPS) is 10.8. The third-order valence-electron chi connectivity index (χ3n) is 3.74. The number of nitrogens with one attached hydrogen (secondary N) is 2. The van der Waals surface area contributed by atoms with E-state index >= 15 is 0 Å². The van der Waals surface area contributed by atoms with Gasteiger partial charge in [0.05, 0.1) is 18.4 Å². The molecule has 9 heteroatoms. The fourth-order valence-electron chi connectivity index (χ4n) is 2.37. The molecule has 0 amide bonds. The van der Waals surface area contributed by atoms with Crippen LogP contribution in [0.15, 0.2) is 54.7 Å². The number of benzene rings is 2. The van der Waals surface area contributed by atoms with Gasteiger partial charge in [-0.25, -0.2) is 4.98 Å². The van der Waals surface area contributed by atoms with Crippen LogP contribution in [0.25, 0.3) is 0 Å². The summed E-state index contributed by atoms with van der Waals surface area (Å²) < 4.78 is 45.1. The highest BCUT2D eigenvalue weighted by atomic mass is 19.4. The molecule has 0 fully saturated rings. The molecule has 0 atom stereocenters. The highest BCUT2D eigenvalue weighted by Crippen LogP contribution is 2.35. The maximum absolute atomic E-state index is 13.4. The van der Waals surface area contributed by atoms with Crippen LogP contribution in [-0.2, 0) is 6.18 Å². The summed E-state index contributed by atoms with van der Waals surface area (Å²) in [7, 11) is 1.53. The number of para-hydroxylation sites is 1. The van der Waals surface area contributed by atoms with Gasteiger partial charge in [0, 0.05) is 11.9 Å². The second kappa shape index (κ2) is 7.84. The summed E-state index contributed by atoms with van der Waals surface area (Å²) in [6, 6.07) is 14.9. The van der Waals surface area contributed by atoms with E-state index in [1.165, 1.54) is 19.2 Å². The van der Waals surface area contributed by atoms with Crippen molar-refractivity contribution in [2.45, 2.75) is 6.18 Å². The van der Waals surface area contributed by atoms with Crippen LogP contribution in [0.3, 0.4) is 0 Å². The molecule has 28 heavy (non-hydrogen) atoms. The van der Waals surface area contributed by atoms with Gasteiger partial charge in [-0.15, -0.1) is 0 Å². The number of hydrogen-bond acceptors (Lipinski definition) is 6. The van der Waals surface area contributed by atoms with Crippen LogP contribution in [0.2, 0.25) is 0 Å². The molecule has 2 N–H and O–H groups in total. The molecule has 0 radical (unpaired) electrons. The van der Waals surface area contributed by atoms with E-state index in [0.717, 1.165) is 0 Å². The second-order valence-electron chi connectivity index (χ2n) is 5.59. The minimum absolute atomic E-state index is 0.0323. The highest BCUT2D eigenvalue weighted by Gasteiger charge is 2.35. The predicted molar refractivity (Wildman–Crippen MR) is 97.8 cm³/mol. The van der Waals surface area contributed by atoms with Crippen LogP contribution in [0.4, 0.5) is 36.3 Å². The first kappa shape index (κ1) is 19.0. The largest absolute Gasteiger partial charge is 0.497 e. The number of alkyl halides is 3. The topological polar surface area (TPSA) is 82.9 Å². The van der Waals surface area contributed by atoms with Gasteiger partial charge in [0.25, 0.3) is 0 Å². The standard InChI is InChI=1S/C19H14F3N5O/c1-28-14-8-6-13(7-9-14)25-18-24-11-15(19(20,21)22)17(27-18)26-16-5-3-2-4-12(16)10-23/h2-9,11H,1H3,(H2,24,25,26,27). The molecule has 0 aliphatic rings. The first-order valence-electron chi connectivity index (χ1n) is 8.02. The summed E-state index contributed by atoms with van der Waals surface area (Å²) in [4.78, 5) is 7.70. The Kier molecular flexibility index (Phi) is 5.31. The van der Waals surface area contributed by atoms with Gasteiger partial charge in [0.1, 0.15) is 23.2 Å². The Morgan fingerprint density at radius 2 is 1.75 bits per heavy atom. The number of aromatic nitrogens is 2. The number of ether oxygens (including phenoxy) is 1. The molecular formula is C19H14F3N5O. The maximum Gasteiger partial charge on any atom is 0.421 e. The maximum atomic E-state index is 13.4. The number of rotatable bonds is 5. The molecule has 142 valence electrons. The molecule has 0 aliphatic heterocycles. The molecule has 1 heterocycles. The molecule has 0 saturated carbocycles. The van der Waals surface area contributed by atoms with Crippen LogP contribution in [-0.4, -0.2) is 17.1 Å². The Morgan fingerprint density at radius 1 is 1.04 bits per heavy atom. The second-order valence-corrected chi connectivity index (χ2v) is 5.59. The smallest absolute Gasteiger partial charge is 0.421 e. The quantitative estimate of drug-likeness (QED) is 0.652. The Morgan fingerprint density at radius 3 is 2.39 bits per heavy atom. The van der Waals surface area contributed by atoms with Crippen molar-refractivity contribution in [1.29, 1.82) is 5.26 Å². The van der Waals surface area contributed by atoms with Gasteiger partial charge in [-0.05, 0) is 36.4 Å². The monoisotopic (exact) mass is 385 g/mol. The molecule has 0 spiro atoms. The Bertz CT molecular complexity index is 1010. The number of hydrogen-bond donors (Lipinski definition) is 2. The van der Waals surface area contributed by atoms with Crippen molar-refractivity contribution >= 4 is 23.1 Å². The van der Waals surface area contributed by atoms with Crippen molar-refractivity contribution in [3.05, 3.63) is 65.9 Å². The van der Waals surface area contributed by atoms with Crippen molar-refractivity contribution < 1.29 is 17.9 Å². The predicted octanol–water partition coefficient (Wildman–Crippen LogP) is 4.86. The van der Waals surface area contributed by atoms with E-state index in [9.17, 15) is 13.2 Å². The van der Waals surface area contributed by atoms with Crippen molar-refractivity contribution in [2.24, 2.45) is 0 Å². The molecular weight excluding hydrogens is 371 g/mol. The van der Waals surface area contributed by atoms with Crippen LogP contribution in [0.5, 0.6) is 5.75 Å². The molecule has 0 aliphatic carbocycles. The third kappa shape index (κ3) is 4.29. The molecule has 3 aromatic rings. The van der Waals surface area contributed by atoms with Crippen LogP contribution < -0.4 is 15.4 Å². The molecule has 6 nitrogen and oxygen atoms in total. The zero-order valence-electron chi connectivity index (χ0n) is 14.6. The van der Waals surface area contributed by atoms with Crippen molar-refractivity contribution in [3.63, 3.8) is 0 Å². The Labute approximate surface area is 158 Å². The summed E-state index contributed by atoms with van der Waals surface area (Å²) >= 11 is 0. The van der Waals surface area contributed by atoms with Crippen LogP contribution in [0, 0.1) is 11.3 Å². The summed E-state index contributed by atoms with van der Waals surface area (Å²) in [6.45, 7) is 0. The Hall–Kier alpha value is -3.80. The average Bonchev–Trinajstić information content (AvgIpc) is 2.68. The molecule has 3 rings (SSSR count). The summed E-state index contributed by atoms with van der Waals surface area (Å²) in [5.74, 6) is 0.144. The van der Waals surface area contributed by atoms with E-state index < -0.39 is 17.6 Å². The third-order valence-corrected chi connectivity index (χ3v) is 3.74. The van der Waals surface area contributed by atoms with E-state index in [0.29, 0.717) is 17.6 Å². The molecule has 2 aromatic carbocycles. The summed E-state index contributed by atoms with van der Waals surface area (Å²) in [5, 5.41) is 14.6. The fraction of sp³-hybridized carbons (Fsp3) is 0.105. The Balaban J connectivity index is 1.96. The van der Waals surface area contributed by atoms with Gasteiger partial charge in [0.15, 0.2) is 0 Å². The van der Waals surface area contributed by atoms with Crippen molar-refractivity contribution in [1.82, 2.24) is 9.97 Å². The molecule has 0 unspecified atom stereocenters. The van der Waals surface area contributed by atoms with Gasteiger partial charge in [0.2, 0.25) is 5.95 Å². The number of nitrogens with zero attached hydrogens (tertiary/aromatic N) is 3. The number of methoxy groups -OCH3 is 1. The van der Waals surface area contributed by atoms with Crippen molar-refractivity contribution in [3.8, 4) is 11.8 Å². The van der Waals surface area contributed by atoms with Gasteiger partial charge >= 0.3 is 6.18 Å². The zero-order valence-corrected chi connectivity index (χ0v) is 14.6. The SMILES string of the molecule is COc1ccc(Nc2ncc(C(F)(F)F)c(Nc3ccccc3C#N)n2)cc1. The lowest BCUT2D eigenvalue weighted by molar-refractivity contribution is -0.137. The van der Waals surface area contributed by atoms with Gasteiger partial charge in [-0.2, -0.15) is 23.4 Å². The molecule has 1 aromatic heterocycles. The first-order chi connectivity index (χ1) is 13.4. The van der Waals surface area contributed by atoms with E-state index in [1.54, 1.807) is 36.4 Å². The first-order valence-corrected chi connectivity index (χ1v) is 8.02. The van der Waals surface area contributed by atoms with Crippen LogP contribution >= 0.6 is 0 Å². The zero-order chi connectivity index (χ0) is 20.1. The lowest BCUT2D eigenvalue weighted by Gasteiger charge is -2.15. The number of halogens is 3. The minimum Gasteiger partial charge on any atom is -0.497 e. The van der Waals surface area contributed by atoms with Gasteiger partial charge < -0.3 is 15.4 Å². The van der Waals surface area contributed by atoms with Gasteiger partial charge in [-0.1, -0.05) is 12.1 Å². The highest BCUT2D eigenvalue weighted by molar-refractivity contribution is 5.67. The van der Waals surface area contributed by atoms with Gasteiger partial charge in [-0.3, -0.25) is 0 Å². The average molecular weight is 385 g/mol. The molecule has 0 bridgehead atoms. The van der Waals surface area contributed by atoms with Crippen molar-refractivity contribution in [2.75, 3.05) is 17.7 Å². The number of anilines is 4. The summed E-state index contributed by atoms with van der Waals surface area (Å²) in [6.07, 6.45) is -3.97. The van der Waals surface area contributed by atoms with E-state index in [4.69, 9.17) is 10.00 Å². The lowest BCUT2D eigenvalue weighted by atomic mass is 10.2. The minimum atomic E-state index is -4.66.